The van der Waals surface area contributed by atoms with Crippen molar-refractivity contribution < 1.29 is 37.4 Å². The fraction of sp³-hybridized carbons (Fsp3) is 0.455. The Morgan fingerprint density at radius 3 is 2.58 bits per heavy atom. The third kappa shape index (κ3) is 7.84. The molecule has 0 bridgehead atoms. The van der Waals surface area contributed by atoms with E-state index in [1.54, 1.807) is 17.5 Å². The van der Waals surface area contributed by atoms with Crippen molar-refractivity contribution in [1.29, 1.82) is 0 Å². The highest BCUT2D eigenvalue weighted by Crippen LogP contribution is 2.44. The fourth-order valence-electron chi connectivity index (χ4n) is 8.91. The van der Waals surface area contributed by atoms with Crippen LogP contribution in [0.3, 0.4) is 0 Å². The lowest BCUT2D eigenvalue weighted by molar-refractivity contribution is -0.138. The van der Waals surface area contributed by atoms with Gasteiger partial charge in [-0.05, 0) is 84.4 Å². The lowest BCUT2D eigenvalue weighted by Gasteiger charge is -2.32. The Kier molecular flexibility index (Phi) is 11.1. The normalized spacial score (nSPS) is 20.7. The molecule has 13 nitrogen and oxygen atoms in total. The minimum Gasteiger partial charge on any atom is -0.488 e. The molecule has 5 aromatic rings. The smallest absolute Gasteiger partial charge is 0.407 e. The van der Waals surface area contributed by atoms with E-state index < -0.39 is 24.8 Å². The lowest BCUT2D eigenvalue weighted by Crippen LogP contribution is -2.52. The van der Waals surface area contributed by atoms with E-state index >= 15 is 0 Å². The van der Waals surface area contributed by atoms with Gasteiger partial charge < -0.3 is 39.3 Å². The Morgan fingerprint density at radius 2 is 1.83 bits per heavy atom. The molecule has 3 aliphatic rings. The van der Waals surface area contributed by atoms with Gasteiger partial charge in [-0.2, -0.15) is 8.78 Å². The van der Waals surface area contributed by atoms with Crippen LogP contribution >= 0.6 is 0 Å². The van der Waals surface area contributed by atoms with Crippen molar-refractivity contribution in [3.8, 4) is 28.1 Å². The van der Waals surface area contributed by atoms with Gasteiger partial charge in [0.05, 0.1) is 55.1 Å². The van der Waals surface area contributed by atoms with Gasteiger partial charge in [0.1, 0.15) is 30.0 Å². The van der Waals surface area contributed by atoms with E-state index in [1.807, 2.05) is 63.8 Å². The minimum atomic E-state index is -2.87. The van der Waals surface area contributed by atoms with E-state index in [0.29, 0.717) is 31.2 Å². The van der Waals surface area contributed by atoms with Crippen LogP contribution in [-0.2, 0) is 25.7 Å². The number of benzene rings is 3. The van der Waals surface area contributed by atoms with Gasteiger partial charge in [-0.25, -0.2) is 14.8 Å². The molecule has 3 N–H and O–H groups in total. The maximum Gasteiger partial charge on any atom is 0.407 e. The molecule has 3 aromatic carbocycles. The number of aromatic nitrogens is 4. The summed E-state index contributed by atoms with van der Waals surface area (Å²) in [5, 5.41) is 4.68. The number of ether oxygens (including phenoxy) is 3. The monoisotopic (exact) mass is 810 g/mol. The van der Waals surface area contributed by atoms with Crippen LogP contribution in [0.4, 0.5) is 13.6 Å². The van der Waals surface area contributed by atoms with Gasteiger partial charge in [-0.1, -0.05) is 45.9 Å². The van der Waals surface area contributed by atoms with E-state index in [9.17, 15) is 23.2 Å². The predicted molar refractivity (Wildman–Crippen MR) is 217 cm³/mol. The number of carbonyl (C=O) groups is 3. The quantitative estimate of drug-likeness (QED) is 0.121. The Labute approximate surface area is 341 Å². The number of amides is 3. The zero-order chi connectivity index (χ0) is 41.7. The molecule has 3 amide bonds. The van der Waals surface area contributed by atoms with Crippen LogP contribution in [0.25, 0.3) is 44.2 Å². The molecule has 8 rings (SSSR count). The standard InChI is InChI=1S/C44H50F2N7O6/c1-22(2)13-37(54)52-19-25(20-59-43(45)46)14-35(52)40-47-18-33(49-40)27-8-10-29-28(15-27)21-58-36-17-30-26(16-31(29)36)9-11-32-39(30)50-41(48-32)34-12-7-24(5)53(34)42(55)38(23(3)4)51-44(56)57-6/h8-11,13,15-18,22-25,34-35,38,43H,7,12,14,19-21H2,1-6H3,(H,47,49)(H,48,50)(H,51,56)/t24-,25-,34-,35-,38-/m0/s1. The van der Waals surface area contributed by atoms with Gasteiger partial charge in [0.2, 0.25) is 11.8 Å². The van der Waals surface area contributed by atoms with Crippen LogP contribution < -0.4 is 10.1 Å². The number of hydrogen-bond acceptors (Lipinski definition) is 8. The van der Waals surface area contributed by atoms with Crippen molar-refractivity contribution in [3.05, 3.63) is 72.3 Å². The number of alkyl halides is 2. The van der Waals surface area contributed by atoms with Crippen LogP contribution in [0.15, 0.2) is 48.7 Å². The Bertz CT molecular complexity index is 2390. The average Bonchev–Trinajstić information content (AvgIpc) is 4.03. The minimum absolute atomic E-state index is 0.0327. The topological polar surface area (TPSA) is 155 Å². The van der Waals surface area contributed by atoms with Crippen molar-refractivity contribution in [2.75, 3.05) is 20.3 Å². The summed E-state index contributed by atoms with van der Waals surface area (Å²) in [6, 6.07) is 13.0. The third-order valence-corrected chi connectivity index (χ3v) is 11.8. The van der Waals surface area contributed by atoms with E-state index in [4.69, 9.17) is 14.5 Å². The molecule has 2 fully saturated rings. The van der Waals surface area contributed by atoms with Gasteiger partial charge in [0, 0.05) is 29.5 Å². The van der Waals surface area contributed by atoms with E-state index in [0.717, 1.165) is 68.3 Å². The van der Waals surface area contributed by atoms with Crippen LogP contribution in [0.2, 0.25) is 0 Å². The van der Waals surface area contributed by atoms with Gasteiger partial charge in [0.15, 0.2) is 0 Å². The summed E-state index contributed by atoms with van der Waals surface area (Å²) >= 11 is 0. The molecule has 5 heterocycles. The molecule has 0 unspecified atom stereocenters. The first-order valence-corrected chi connectivity index (χ1v) is 20.3. The molecule has 2 saturated heterocycles. The zero-order valence-corrected chi connectivity index (χ0v) is 34.1. The second kappa shape index (κ2) is 16.2. The number of aromatic amines is 2. The second-order valence-corrected chi connectivity index (χ2v) is 16.7. The molecule has 3 aliphatic heterocycles. The fourth-order valence-corrected chi connectivity index (χ4v) is 8.91. The molecule has 5 atom stereocenters. The van der Waals surface area contributed by atoms with Gasteiger partial charge >= 0.3 is 12.7 Å². The number of rotatable bonds is 11. The number of halogens is 2. The van der Waals surface area contributed by atoms with E-state index in [1.165, 1.54) is 7.11 Å². The molecule has 0 spiro atoms. The molecule has 0 aliphatic carbocycles. The first-order valence-electron chi connectivity index (χ1n) is 20.3. The number of hydrogen-bond donors (Lipinski definition) is 3. The van der Waals surface area contributed by atoms with Gasteiger partial charge in [0.25, 0.3) is 0 Å². The second-order valence-electron chi connectivity index (χ2n) is 16.7. The lowest BCUT2D eigenvalue weighted by atomic mass is 9.92. The number of alkyl carbamates (subject to hydrolysis) is 1. The molecule has 1 radical (unpaired) electrons. The summed E-state index contributed by atoms with van der Waals surface area (Å²) in [4.78, 5) is 59.4. The molecular weight excluding hydrogens is 761 g/mol. The first kappa shape index (κ1) is 40.2. The summed E-state index contributed by atoms with van der Waals surface area (Å²) in [5.74, 6) is 1.38. The number of likely N-dealkylation sites (tertiary alicyclic amines) is 2. The van der Waals surface area contributed by atoms with Gasteiger partial charge in [-0.3, -0.25) is 9.59 Å². The van der Waals surface area contributed by atoms with E-state index in [-0.39, 0.29) is 48.3 Å². The predicted octanol–water partition coefficient (Wildman–Crippen LogP) is 8.09. The maximum absolute atomic E-state index is 13.9. The van der Waals surface area contributed by atoms with Crippen molar-refractivity contribution >= 4 is 39.7 Å². The van der Waals surface area contributed by atoms with Gasteiger partial charge in [-0.15, -0.1) is 0 Å². The highest BCUT2D eigenvalue weighted by atomic mass is 19.3. The van der Waals surface area contributed by atoms with Crippen molar-refractivity contribution in [2.24, 2.45) is 17.8 Å². The van der Waals surface area contributed by atoms with Crippen LogP contribution in [-0.4, -0.2) is 86.6 Å². The Morgan fingerprint density at radius 1 is 1.02 bits per heavy atom. The largest absolute Gasteiger partial charge is 0.488 e. The van der Waals surface area contributed by atoms with E-state index in [2.05, 4.69) is 43.2 Å². The molecule has 59 heavy (non-hydrogen) atoms. The molecule has 2 aromatic heterocycles. The third-order valence-electron chi connectivity index (χ3n) is 11.8. The summed E-state index contributed by atoms with van der Waals surface area (Å²) in [7, 11) is 1.29. The number of imidazole rings is 2. The Balaban J connectivity index is 1.05. The zero-order valence-electron chi connectivity index (χ0n) is 34.1. The number of H-pyrrole nitrogens is 2. The number of fused-ring (bicyclic) bond motifs is 6. The van der Waals surface area contributed by atoms with Crippen molar-refractivity contribution in [3.63, 3.8) is 0 Å². The highest BCUT2D eigenvalue weighted by Gasteiger charge is 2.42. The van der Waals surface area contributed by atoms with Crippen molar-refractivity contribution in [1.82, 2.24) is 35.1 Å². The average molecular weight is 811 g/mol. The maximum atomic E-state index is 13.9. The summed E-state index contributed by atoms with van der Waals surface area (Å²) in [6.45, 7) is 7.33. The van der Waals surface area contributed by atoms with Crippen LogP contribution in [0.1, 0.15) is 83.2 Å². The highest BCUT2D eigenvalue weighted by molar-refractivity contribution is 6.07. The van der Waals surface area contributed by atoms with Crippen LogP contribution in [0, 0.1) is 24.2 Å². The molecule has 0 saturated carbocycles. The Hall–Kier alpha value is -5.57. The molecular formula is C44H50F2N7O6. The number of methoxy groups -OCH3 is 1. The summed E-state index contributed by atoms with van der Waals surface area (Å²) in [5.41, 5.74) is 6.34. The number of nitrogens with one attached hydrogen (secondary N) is 3. The summed E-state index contributed by atoms with van der Waals surface area (Å²) < 4.78 is 41.5. The SMILES string of the molecule is COC(=O)N[C@H](C(=O)N1[C@@H](C)CC[C@H]1c1nc2ccc3cc4c(cc3c2[nH]1)OCc1cc(-c2cnc([C@@H]3C[C@H](COC(F)F)CN3C(=O)[CH]C(C)C)[nH]2)ccc1-4)C(C)C. The molecule has 311 valence electrons. The van der Waals surface area contributed by atoms with Crippen LogP contribution in [0.5, 0.6) is 5.75 Å². The summed E-state index contributed by atoms with van der Waals surface area (Å²) in [6.07, 6.45) is 4.74. The first-order chi connectivity index (χ1) is 28.3. The number of nitrogens with zero attached hydrogens (tertiary/aromatic N) is 4. The molecule has 15 heteroatoms. The number of carbonyl (C=O) groups excluding carboxylic acids is 3. The van der Waals surface area contributed by atoms with Crippen molar-refractivity contribution in [2.45, 2.75) is 91.3 Å².